The number of carbonyl (C=O) groups is 2. The number of aromatic nitrogens is 2. The Labute approximate surface area is 159 Å². The van der Waals surface area contributed by atoms with E-state index in [9.17, 15) is 9.59 Å². The van der Waals surface area contributed by atoms with Crippen molar-refractivity contribution in [3.63, 3.8) is 0 Å². The van der Waals surface area contributed by atoms with Crippen LogP contribution in [0.15, 0.2) is 29.3 Å². The fourth-order valence-electron chi connectivity index (χ4n) is 2.36. The summed E-state index contributed by atoms with van der Waals surface area (Å²) in [6, 6.07) is 7.74. The zero-order chi connectivity index (χ0) is 17.8. The number of nitrogens with zero attached hydrogens (tertiary/aromatic N) is 3. The molecule has 0 bridgehead atoms. The number of hydrogen-bond acceptors (Lipinski definition) is 7. The average Bonchev–Trinajstić information content (AvgIpc) is 2.91. The van der Waals surface area contributed by atoms with Crippen molar-refractivity contribution in [2.45, 2.75) is 11.9 Å². The van der Waals surface area contributed by atoms with E-state index in [1.165, 1.54) is 28.4 Å². The molecule has 0 spiro atoms. The number of nitrogens with one attached hydrogen (secondary N) is 1. The summed E-state index contributed by atoms with van der Waals surface area (Å²) in [4.78, 5) is 34.0. The van der Waals surface area contributed by atoms with Crippen LogP contribution in [0.1, 0.15) is 5.82 Å². The van der Waals surface area contributed by atoms with E-state index in [2.05, 4.69) is 15.3 Å². The number of benzene rings is 1. The van der Waals surface area contributed by atoms with Crippen molar-refractivity contribution in [1.82, 2.24) is 20.2 Å². The highest BCUT2D eigenvalue weighted by atomic mass is 32.2. The molecule has 0 atom stereocenters. The lowest BCUT2D eigenvalue weighted by atomic mass is 10.2. The van der Waals surface area contributed by atoms with E-state index in [1.54, 1.807) is 0 Å². The monoisotopic (exact) mass is 392 g/mol. The first-order valence-electron chi connectivity index (χ1n) is 7.64. The molecule has 1 aliphatic rings. The third-order valence-electron chi connectivity index (χ3n) is 3.52. The zero-order valence-electron chi connectivity index (χ0n) is 13.5. The average molecular weight is 393 g/mol. The molecule has 2 heterocycles. The van der Waals surface area contributed by atoms with Crippen LogP contribution in [-0.4, -0.2) is 55.6 Å². The number of rotatable bonds is 6. The molecule has 1 N–H and O–H groups in total. The molecule has 3 rings (SSSR count). The molecule has 1 fully saturated rings. The minimum absolute atomic E-state index is 0.00144. The van der Waals surface area contributed by atoms with Gasteiger partial charge >= 0.3 is 0 Å². The van der Waals surface area contributed by atoms with Gasteiger partial charge in [0, 0.05) is 18.5 Å². The van der Waals surface area contributed by atoms with Crippen LogP contribution in [0.4, 0.5) is 0 Å². The third-order valence-corrected chi connectivity index (χ3v) is 5.94. The number of hydrogen-bond donors (Lipinski definition) is 1. The molecule has 2 aromatic rings. The molecule has 2 amide bonds. The summed E-state index contributed by atoms with van der Waals surface area (Å²) in [5.74, 6) is 1.23. The lowest BCUT2D eigenvalue weighted by Gasteiger charge is -2.15. The van der Waals surface area contributed by atoms with Gasteiger partial charge in [-0.2, -0.15) is 0 Å². The Kier molecular flexibility index (Phi) is 5.87. The summed E-state index contributed by atoms with van der Waals surface area (Å²) in [5.41, 5.74) is 0.872. The van der Waals surface area contributed by atoms with E-state index in [1.807, 2.05) is 31.2 Å². The highest BCUT2D eigenvalue weighted by Crippen LogP contribution is 2.25. The normalized spacial score (nSPS) is 14.4. The maximum Gasteiger partial charge on any atom is 0.238 e. The summed E-state index contributed by atoms with van der Waals surface area (Å²) >= 11 is 7.85. The number of aryl methyl sites for hydroxylation is 1. The Morgan fingerprint density at radius 3 is 2.96 bits per heavy atom. The summed E-state index contributed by atoms with van der Waals surface area (Å²) < 4.78 is 0.580. The van der Waals surface area contributed by atoms with Crippen molar-refractivity contribution >= 4 is 62.8 Å². The Bertz CT molecular complexity index is 827. The van der Waals surface area contributed by atoms with E-state index in [0.717, 1.165) is 15.9 Å². The molecule has 0 unspecified atom stereocenters. The van der Waals surface area contributed by atoms with Crippen molar-refractivity contribution in [3.8, 4) is 0 Å². The molecule has 0 saturated carbocycles. The van der Waals surface area contributed by atoms with Gasteiger partial charge in [0.15, 0.2) is 0 Å². The van der Waals surface area contributed by atoms with Crippen LogP contribution in [0.5, 0.6) is 0 Å². The minimum Gasteiger partial charge on any atom is -0.354 e. The van der Waals surface area contributed by atoms with Gasteiger partial charge in [-0.25, -0.2) is 9.97 Å². The Balaban J connectivity index is 1.53. The Morgan fingerprint density at radius 2 is 2.20 bits per heavy atom. The van der Waals surface area contributed by atoms with E-state index in [-0.39, 0.29) is 17.6 Å². The molecule has 130 valence electrons. The standard InChI is InChI=1S/C16H16N4O2S3/c1-10-18-12-5-3-2-4-11(12)15(19-10)24-8-13(21)17-6-7-20-14(22)9-25-16(20)23/h2-5H,6-9H2,1H3,(H,17,21). The summed E-state index contributed by atoms with van der Waals surface area (Å²) in [7, 11) is 0. The van der Waals surface area contributed by atoms with Gasteiger partial charge in [0.2, 0.25) is 11.8 Å². The minimum atomic E-state index is -0.101. The number of amides is 2. The largest absolute Gasteiger partial charge is 0.354 e. The highest BCUT2D eigenvalue weighted by molar-refractivity contribution is 8.23. The van der Waals surface area contributed by atoms with Crippen molar-refractivity contribution in [2.24, 2.45) is 0 Å². The molecule has 6 nitrogen and oxygen atoms in total. The van der Waals surface area contributed by atoms with Gasteiger partial charge in [0.05, 0.1) is 17.0 Å². The number of thiocarbonyl (C=S) groups is 1. The summed E-state index contributed by atoms with van der Waals surface area (Å²) in [6.07, 6.45) is 0. The van der Waals surface area contributed by atoms with Crippen molar-refractivity contribution in [1.29, 1.82) is 0 Å². The SMILES string of the molecule is Cc1nc(SCC(=O)NCCN2C(=O)CSC2=S)c2ccccc2n1. The molecule has 1 saturated heterocycles. The van der Waals surface area contributed by atoms with Crippen molar-refractivity contribution in [2.75, 3.05) is 24.6 Å². The molecular weight excluding hydrogens is 376 g/mol. The number of carbonyl (C=O) groups excluding carboxylic acids is 2. The van der Waals surface area contributed by atoms with Crippen LogP contribution in [0.3, 0.4) is 0 Å². The van der Waals surface area contributed by atoms with Gasteiger partial charge in [-0.15, -0.1) is 0 Å². The van der Waals surface area contributed by atoms with Crippen molar-refractivity contribution < 1.29 is 9.59 Å². The highest BCUT2D eigenvalue weighted by Gasteiger charge is 2.25. The lowest BCUT2D eigenvalue weighted by molar-refractivity contribution is -0.124. The van der Waals surface area contributed by atoms with Crippen molar-refractivity contribution in [3.05, 3.63) is 30.1 Å². The molecule has 0 radical (unpaired) electrons. The first kappa shape index (κ1) is 18.1. The summed E-state index contributed by atoms with van der Waals surface area (Å²) in [6.45, 7) is 2.64. The smallest absolute Gasteiger partial charge is 0.238 e. The second-order valence-corrected chi connectivity index (χ2v) is 7.90. The van der Waals surface area contributed by atoms with E-state index < -0.39 is 0 Å². The molecular formula is C16H16N4O2S3. The number of fused-ring (bicyclic) bond motifs is 1. The fourth-order valence-corrected chi connectivity index (χ4v) is 4.37. The number of thioether (sulfide) groups is 2. The van der Waals surface area contributed by atoms with Crippen LogP contribution in [-0.2, 0) is 9.59 Å². The van der Waals surface area contributed by atoms with Gasteiger partial charge in [0.25, 0.3) is 0 Å². The molecule has 1 aromatic carbocycles. The van der Waals surface area contributed by atoms with Crippen LogP contribution in [0.25, 0.3) is 10.9 Å². The Morgan fingerprint density at radius 1 is 1.40 bits per heavy atom. The van der Waals surface area contributed by atoms with Gasteiger partial charge in [-0.05, 0) is 13.0 Å². The van der Waals surface area contributed by atoms with Crippen LogP contribution >= 0.6 is 35.7 Å². The van der Waals surface area contributed by atoms with E-state index >= 15 is 0 Å². The zero-order valence-corrected chi connectivity index (χ0v) is 16.0. The molecule has 1 aliphatic heterocycles. The van der Waals surface area contributed by atoms with Gasteiger partial charge in [-0.3, -0.25) is 14.5 Å². The first-order valence-corrected chi connectivity index (χ1v) is 10.0. The second-order valence-electron chi connectivity index (χ2n) is 5.33. The molecule has 25 heavy (non-hydrogen) atoms. The maximum absolute atomic E-state index is 12.1. The quantitative estimate of drug-likeness (QED) is 0.458. The maximum atomic E-state index is 12.1. The van der Waals surface area contributed by atoms with Crippen LogP contribution in [0.2, 0.25) is 0 Å². The van der Waals surface area contributed by atoms with Crippen LogP contribution < -0.4 is 5.32 Å². The molecule has 0 aliphatic carbocycles. The topological polar surface area (TPSA) is 75.2 Å². The van der Waals surface area contributed by atoms with Gasteiger partial charge < -0.3 is 5.32 Å². The van der Waals surface area contributed by atoms with Gasteiger partial charge in [-0.1, -0.05) is 53.9 Å². The van der Waals surface area contributed by atoms with Crippen LogP contribution in [0, 0.1) is 6.92 Å². The fraction of sp³-hybridized carbons (Fsp3) is 0.312. The lowest BCUT2D eigenvalue weighted by Crippen LogP contribution is -2.37. The Hall–Kier alpha value is -1.71. The van der Waals surface area contributed by atoms with E-state index in [4.69, 9.17) is 12.2 Å². The van der Waals surface area contributed by atoms with Gasteiger partial charge in [0.1, 0.15) is 15.2 Å². The van der Waals surface area contributed by atoms with E-state index in [0.29, 0.717) is 29.0 Å². The molecule has 1 aromatic heterocycles. The second kappa shape index (κ2) is 8.11. The third kappa shape index (κ3) is 4.47. The molecule has 9 heteroatoms. The predicted octanol–water partition coefficient (Wildman–Crippen LogP) is 2.01. The predicted molar refractivity (Wildman–Crippen MR) is 105 cm³/mol. The number of para-hydroxylation sites is 1. The summed E-state index contributed by atoms with van der Waals surface area (Å²) in [5, 5.41) is 4.56. The first-order chi connectivity index (χ1) is 12.0.